The quantitative estimate of drug-likeness (QED) is 0.858. The van der Waals surface area contributed by atoms with Crippen LogP contribution in [-0.2, 0) is 11.3 Å². The molecule has 1 atom stereocenters. The molecule has 1 unspecified atom stereocenters. The fourth-order valence-corrected chi connectivity index (χ4v) is 2.20. The van der Waals surface area contributed by atoms with Gasteiger partial charge in [0.25, 0.3) is 0 Å². The number of ether oxygens (including phenoxy) is 1. The van der Waals surface area contributed by atoms with Crippen molar-refractivity contribution in [1.82, 2.24) is 4.90 Å². The summed E-state index contributed by atoms with van der Waals surface area (Å²) in [5.74, 6) is 0.651. The summed E-state index contributed by atoms with van der Waals surface area (Å²) in [5.41, 5.74) is 8.30. The average molecular weight is 233 g/mol. The van der Waals surface area contributed by atoms with Crippen molar-refractivity contribution >= 4 is 5.96 Å². The van der Waals surface area contributed by atoms with E-state index in [2.05, 4.69) is 41.1 Å². The first-order valence-corrected chi connectivity index (χ1v) is 5.90. The molecule has 0 bridgehead atoms. The first kappa shape index (κ1) is 11.9. The standard InChI is InChI=1S/C13H19N3O/c1-3-16-12(8-15-13(16)14)11-6-4-10(5-7-11)9-17-2/h4-7,12H,3,8-9H2,1-2H3,(H2,14,15). The van der Waals surface area contributed by atoms with Crippen LogP contribution >= 0.6 is 0 Å². The Balaban J connectivity index is 2.13. The number of likely N-dealkylation sites (N-methyl/N-ethyl adjacent to an activating group) is 1. The van der Waals surface area contributed by atoms with E-state index in [4.69, 9.17) is 10.5 Å². The Kier molecular flexibility index (Phi) is 3.64. The van der Waals surface area contributed by atoms with E-state index >= 15 is 0 Å². The highest BCUT2D eigenvalue weighted by atomic mass is 16.5. The molecule has 1 aliphatic heterocycles. The van der Waals surface area contributed by atoms with Crippen LogP contribution in [0.5, 0.6) is 0 Å². The molecule has 0 saturated heterocycles. The third kappa shape index (κ3) is 2.42. The maximum Gasteiger partial charge on any atom is 0.191 e. The highest BCUT2D eigenvalue weighted by molar-refractivity contribution is 5.80. The number of hydrogen-bond donors (Lipinski definition) is 1. The van der Waals surface area contributed by atoms with Crippen LogP contribution in [0, 0.1) is 0 Å². The van der Waals surface area contributed by atoms with Gasteiger partial charge in [0.15, 0.2) is 5.96 Å². The van der Waals surface area contributed by atoms with Crippen LogP contribution in [0.4, 0.5) is 0 Å². The summed E-state index contributed by atoms with van der Waals surface area (Å²) in [6, 6.07) is 8.75. The second-order valence-electron chi connectivity index (χ2n) is 4.18. The summed E-state index contributed by atoms with van der Waals surface area (Å²) in [6.07, 6.45) is 0. The number of rotatable bonds is 4. The van der Waals surface area contributed by atoms with Crippen molar-refractivity contribution in [2.45, 2.75) is 19.6 Å². The molecule has 4 nitrogen and oxygen atoms in total. The minimum Gasteiger partial charge on any atom is -0.380 e. The molecule has 1 aliphatic rings. The van der Waals surface area contributed by atoms with E-state index in [1.54, 1.807) is 7.11 Å². The van der Waals surface area contributed by atoms with Gasteiger partial charge >= 0.3 is 0 Å². The van der Waals surface area contributed by atoms with Crippen LogP contribution in [0.1, 0.15) is 24.1 Å². The zero-order chi connectivity index (χ0) is 12.3. The Hall–Kier alpha value is -1.55. The molecular weight excluding hydrogens is 214 g/mol. The van der Waals surface area contributed by atoms with Gasteiger partial charge in [0.1, 0.15) is 0 Å². The minimum atomic E-state index is 0.289. The van der Waals surface area contributed by atoms with E-state index in [1.807, 2.05) is 0 Å². The Labute approximate surface area is 102 Å². The third-order valence-corrected chi connectivity index (χ3v) is 3.11. The fraction of sp³-hybridized carbons (Fsp3) is 0.462. The Morgan fingerprint density at radius 3 is 2.71 bits per heavy atom. The van der Waals surface area contributed by atoms with Crippen molar-refractivity contribution in [3.05, 3.63) is 35.4 Å². The summed E-state index contributed by atoms with van der Waals surface area (Å²) in [6.45, 7) is 4.39. The van der Waals surface area contributed by atoms with Crippen LogP contribution in [0.15, 0.2) is 29.3 Å². The molecule has 2 N–H and O–H groups in total. The van der Waals surface area contributed by atoms with Crippen LogP contribution < -0.4 is 5.73 Å². The minimum absolute atomic E-state index is 0.289. The van der Waals surface area contributed by atoms with E-state index < -0.39 is 0 Å². The van der Waals surface area contributed by atoms with E-state index in [9.17, 15) is 0 Å². The van der Waals surface area contributed by atoms with Gasteiger partial charge in [0.05, 0.1) is 19.2 Å². The van der Waals surface area contributed by atoms with E-state index in [-0.39, 0.29) is 6.04 Å². The van der Waals surface area contributed by atoms with Gasteiger partial charge in [-0.2, -0.15) is 0 Å². The zero-order valence-corrected chi connectivity index (χ0v) is 10.4. The van der Waals surface area contributed by atoms with Crippen molar-refractivity contribution in [3.63, 3.8) is 0 Å². The molecule has 1 aromatic rings. The van der Waals surface area contributed by atoms with Crippen LogP contribution in [0.25, 0.3) is 0 Å². The van der Waals surface area contributed by atoms with Crippen LogP contribution in [-0.4, -0.2) is 31.1 Å². The van der Waals surface area contributed by atoms with E-state index in [0.717, 1.165) is 13.1 Å². The molecule has 0 amide bonds. The van der Waals surface area contributed by atoms with Gasteiger partial charge in [-0.15, -0.1) is 0 Å². The first-order chi connectivity index (χ1) is 8.26. The van der Waals surface area contributed by atoms with Gasteiger partial charge in [-0.25, -0.2) is 0 Å². The summed E-state index contributed by atoms with van der Waals surface area (Å²) >= 11 is 0. The number of hydrogen-bond acceptors (Lipinski definition) is 4. The van der Waals surface area contributed by atoms with Gasteiger partial charge in [0.2, 0.25) is 0 Å². The number of guanidine groups is 1. The highest BCUT2D eigenvalue weighted by Gasteiger charge is 2.25. The van der Waals surface area contributed by atoms with Crippen molar-refractivity contribution < 1.29 is 4.74 Å². The number of nitrogens with two attached hydrogens (primary N) is 1. The predicted molar refractivity (Wildman–Crippen MR) is 68.8 cm³/mol. The third-order valence-electron chi connectivity index (χ3n) is 3.11. The van der Waals surface area contributed by atoms with Crippen molar-refractivity contribution in [1.29, 1.82) is 0 Å². The lowest BCUT2D eigenvalue weighted by atomic mass is 10.0. The molecule has 0 fully saturated rings. The second kappa shape index (κ2) is 5.19. The average Bonchev–Trinajstić information content (AvgIpc) is 2.72. The normalized spacial score (nSPS) is 19.5. The predicted octanol–water partition coefficient (Wildman–Crippen LogP) is 1.52. The van der Waals surface area contributed by atoms with Gasteiger partial charge in [-0.3, -0.25) is 4.99 Å². The number of aliphatic imine (C=N–C) groups is 1. The largest absolute Gasteiger partial charge is 0.380 e. The zero-order valence-electron chi connectivity index (χ0n) is 10.4. The van der Waals surface area contributed by atoms with Gasteiger partial charge in [0, 0.05) is 13.7 Å². The summed E-state index contributed by atoms with van der Waals surface area (Å²) in [7, 11) is 1.71. The molecule has 1 heterocycles. The fourth-order valence-electron chi connectivity index (χ4n) is 2.20. The molecule has 17 heavy (non-hydrogen) atoms. The lowest BCUT2D eigenvalue weighted by Crippen LogP contribution is -2.35. The van der Waals surface area contributed by atoms with Crippen molar-refractivity contribution in [2.75, 3.05) is 20.2 Å². The molecular formula is C13H19N3O. The summed E-state index contributed by atoms with van der Waals surface area (Å²) in [5, 5.41) is 0. The first-order valence-electron chi connectivity index (χ1n) is 5.90. The Morgan fingerprint density at radius 2 is 2.12 bits per heavy atom. The monoisotopic (exact) mass is 233 g/mol. The maximum atomic E-state index is 5.85. The molecule has 0 saturated carbocycles. The maximum absolute atomic E-state index is 5.85. The summed E-state index contributed by atoms with van der Waals surface area (Å²) in [4.78, 5) is 6.43. The molecule has 0 spiro atoms. The number of methoxy groups -OCH3 is 1. The molecule has 0 radical (unpaired) electrons. The highest BCUT2D eigenvalue weighted by Crippen LogP contribution is 2.25. The molecule has 0 aliphatic carbocycles. The topological polar surface area (TPSA) is 50.8 Å². The Morgan fingerprint density at radius 1 is 1.41 bits per heavy atom. The van der Waals surface area contributed by atoms with Crippen molar-refractivity contribution in [3.8, 4) is 0 Å². The second-order valence-corrected chi connectivity index (χ2v) is 4.18. The smallest absolute Gasteiger partial charge is 0.191 e. The van der Waals surface area contributed by atoms with Gasteiger partial charge in [-0.05, 0) is 18.1 Å². The summed E-state index contributed by atoms with van der Waals surface area (Å²) < 4.78 is 5.10. The number of nitrogens with zero attached hydrogens (tertiary/aromatic N) is 2. The van der Waals surface area contributed by atoms with E-state index in [1.165, 1.54) is 11.1 Å². The molecule has 92 valence electrons. The van der Waals surface area contributed by atoms with Gasteiger partial charge in [-0.1, -0.05) is 24.3 Å². The van der Waals surface area contributed by atoms with Crippen LogP contribution in [0.3, 0.4) is 0 Å². The van der Waals surface area contributed by atoms with E-state index in [0.29, 0.717) is 12.6 Å². The number of benzene rings is 1. The SMILES string of the molecule is CCN1C(N)=NCC1c1ccc(COC)cc1. The molecule has 0 aromatic heterocycles. The van der Waals surface area contributed by atoms with Crippen LogP contribution in [0.2, 0.25) is 0 Å². The van der Waals surface area contributed by atoms with Gasteiger partial charge < -0.3 is 15.4 Å². The Bertz CT molecular complexity index is 400. The lowest BCUT2D eigenvalue weighted by Gasteiger charge is -2.25. The molecule has 4 heteroatoms. The van der Waals surface area contributed by atoms with Crippen molar-refractivity contribution in [2.24, 2.45) is 10.7 Å². The molecule has 1 aromatic carbocycles. The lowest BCUT2D eigenvalue weighted by molar-refractivity contribution is 0.185. The molecule has 2 rings (SSSR count).